The molecule has 1 nitrogen and oxygen atoms in total. The van der Waals surface area contributed by atoms with Crippen LogP contribution in [-0.4, -0.2) is 7.05 Å². The summed E-state index contributed by atoms with van der Waals surface area (Å²) in [6.07, 6.45) is 3.98. The number of benzene rings is 1. The third-order valence-electron chi connectivity index (χ3n) is 4.61. The van der Waals surface area contributed by atoms with Gasteiger partial charge in [0.2, 0.25) is 0 Å². The number of halogens is 1. The Balaban J connectivity index is 2.30. The average Bonchev–Trinajstić information content (AvgIpc) is 2.65. The Morgan fingerprint density at radius 1 is 1.39 bits per heavy atom. The molecule has 0 aromatic heterocycles. The molecule has 100 valence electrons. The maximum Gasteiger partial charge on any atom is 0.0438 e. The monoisotopic (exact) mass is 265 g/mol. The number of hydrogen-bond donors (Lipinski definition) is 1. The second-order valence-corrected chi connectivity index (χ2v) is 6.67. The molecule has 0 amide bonds. The van der Waals surface area contributed by atoms with Gasteiger partial charge in [-0.15, -0.1) is 0 Å². The standard InChI is InChI=1S/C16H24ClN/c1-11-7-8-12(10-14(11)17)15(18-4)13-6-5-9-16(13,2)3/h7-8,10,13,15,18H,5-6,9H2,1-4H3. The van der Waals surface area contributed by atoms with Crippen LogP contribution in [0.25, 0.3) is 0 Å². The van der Waals surface area contributed by atoms with Gasteiger partial charge in [-0.2, -0.15) is 0 Å². The Morgan fingerprint density at radius 3 is 2.61 bits per heavy atom. The second kappa shape index (κ2) is 5.22. The van der Waals surface area contributed by atoms with Crippen LogP contribution >= 0.6 is 11.6 Å². The first-order valence-corrected chi connectivity index (χ1v) is 7.27. The number of nitrogens with one attached hydrogen (secondary N) is 1. The molecule has 1 fully saturated rings. The van der Waals surface area contributed by atoms with Crippen LogP contribution in [0.1, 0.15) is 50.3 Å². The van der Waals surface area contributed by atoms with Gasteiger partial charge in [-0.05, 0) is 55.3 Å². The molecule has 0 radical (unpaired) electrons. The van der Waals surface area contributed by atoms with E-state index in [0.717, 1.165) is 10.6 Å². The minimum Gasteiger partial charge on any atom is -0.313 e. The summed E-state index contributed by atoms with van der Waals surface area (Å²) in [5.41, 5.74) is 2.90. The van der Waals surface area contributed by atoms with Crippen LogP contribution in [0.15, 0.2) is 18.2 Å². The number of hydrogen-bond acceptors (Lipinski definition) is 1. The summed E-state index contributed by atoms with van der Waals surface area (Å²) < 4.78 is 0. The lowest BCUT2D eigenvalue weighted by Gasteiger charge is -2.34. The van der Waals surface area contributed by atoms with Gasteiger partial charge in [0.05, 0.1) is 0 Å². The Hall–Kier alpha value is -0.530. The highest BCUT2D eigenvalue weighted by Gasteiger charge is 2.39. The van der Waals surface area contributed by atoms with Gasteiger partial charge in [-0.25, -0.2) is 0 Å². The lowest BCUT2D eigenvalue weighted by atomic mass is 9.75. The first kappa shape index (κ1) is 13.9. The predicted molar refractivity (Wildman–Crippen MR) is 79.1 cm³/mol. The summed E-state index contributed by atoms with van der Waals surface area (Å²) in [5, 5.41) is 4.38. The molecule has 0 heterocycles. The minimum absolute atomic E-state index is 0.417. The summed E-state index contributed by atoms with van der Waals surface area (Å²) >= 11 is 6.26. The zero-order valence-corrected chi connectivity index (χ0v) is 12.6. The van der Waals surface area contributed by atoms with E-state index in [9.17, 15) is 0 Å². The molecule has 0 saturated heterocycles. The van der Waals surface area contributed by atoms with Crippen LogP contribution in [-0.2, 0) is 0 Å². The van der Waals surface area contributed by atoms with Crippen molar-refractivity contribution in [3.8, 4) is 0 Å². The highest BCUT2D eigenvalue weighted by Crippen LogP contribution is 2.48. The van der Waals surface area contributed by atoms with Crippen LogP contribution in [0.2, 0.25) is 5.02 Å². The van der Waals surface area contributed by atoms with Gasteiger partial charge in [0.15, 0.2) is 0 Å². The van der Waals surface area contributed by atoms with Crippen molar-refractivity contribution in [1.29, 1.82) is 0 Å². The van der Waals surface area contributed by atoms with Gasteiger partial charge < -0.3 is 5.32 Å². The zero-order chi connectivity index (χ0) is 13.3. The highest BCUT2D eigenvalue weighted by atomic mass is 35.5. The molecule has 1 aliphatic rings. The van der Waals surface area contributed by atoms with Crippen molar-refractivity contribution in [1.82, 2.24) is 5.32 Å². The quantitative estimate of drug-likeness (QED) is 0.833. The second-order valence-electron chi connectivity index (χ2n) is 6.26. The average molecular weight is 266 g/mol. The van der Waals surface area contributed by atoms with Crippen molar-refractivity contribution in [2.75, 3.05) is 7.05 Å². The first-order valence-electron chi connectivity index (χ1n) is 6.89. The highest BCUT2D eigenvalue weighted by molar-refractivity contribution is 6.31. The van der Waals surface area contributed by atoms with E-state index in [4.69, 9.17) is 11.6 Å². The third kappa shape index (κ3) is 2.57. The summed E-state index contributed by atoms with van der Waals surface area (Å²) in [5.74, 6) is 0.696. The van der Waals surface area contributed by atoms with Gasteiger partial charge in [0.25, 0.3) is 0 Å². The Morgan fingerprint density at radius 2 is 2.11 bits per heavy atom. The van der Waals surface area contributed by atoms with Crippen molar-refractivity contribution < 1.29 is 0 Å². The van der Waals surface area contributed by atoms with Gasteiger partial charge in [0.1, 0.15) is 0 Å². The maximum atomic E-state index is 6.26. The first-order chi connectivity index (χ1) is 8.45. The molecule has 1 aromatic rings. The van der Waals surface area contributed by atoms with Crippen molar-refractivity contribution in [2.24, 2.45) is 11.3 Å². The summed E-state index contributed by atoms with van der Waals surface area (Å²) in [6, 6.07) is 6.90. The third-order valence-corrected chi connectivity index (χ3v) is 5.02. The van der Waals surface area contributed by atoms with Gasteiger partial charge in [-0.1, -0.05) is 44.0 Å². The molecular weight excluding hydrogens is 242 g/mol. The molecule has 1 aromatic carbocycles. The van der Waals surface area contributed by atoms with E-state index >= 15 is 0 Å². The van der Waals surface area contributed by atoms with Crippen molar-refractivity contribution in [3.05, 3.63) is 34.3 Å². The van der Waals surface area contributed by atoms with E-state index in [1.165, 1.54) is 24.8 Å². The molecule has 0 bridgehead atoms. The van der Waals surface area contributed by atoms with Crippen LogP contribution < -0.4 is 5.32 Å². The molecule has 2 heteroatoms. The van der Waals surface area contributed by atoms with E-state index in [0.29, 0.717) is 17.4 Å². The smallest absolute Gasteiger partial charge is 0.0438 e. The normalized spacial score (nSPS) is 24.2. The molecule has 1 N–H and O–H groups in total. The fraction of sp³-hybridized carbons (Fsp3) is 0.625. The van der Waals surface area contributed by atoms with Crippen LogP contribution in [0.3, 0.4) is 0 Å². The van der Waals surface area contributed by atoms with Gasteiger partial charge in [-0.3, -0.25) is 0 Å². The van der Waals surface area contributed by atoms with Gasteiger partial charge in [0, 0.05) is 11.1 Å². The lowest BCUT2D eigenvalue weighted by molar-refractivity contribution is 0.203. The molecule has 1 aliphatic carbocycles. The largest absolute Gasteiger partial charge is 0.313 e. The van der Waals surface area contributed by atoms with Crippen molar-refractivity contribution >= 4 is 11.6 Å². The van der Waals surface area contributed by atoms with E-state index in [2.05, 4.69) is 51.3 Å². The summed E-state index contributed by atoms with van der Waals surface area (Å²) in [4.78, 5) is 0. The Bertz CT molecular complexity index is 425. The number of rotatable bonds is 3. The maximum absolute atomic E-state index is 6.26. The van der Waals surface area contributed by atoms with E-state index in [1.807, 2.05) is 0 Å². The lowest BCUT2D eigenvalue weighted by Crippen LogP contribution is -2.32. The zero-order valence-electron chi connectivity index (χ0n) is 11.9. The van der Waals surface area contributed by atoms with Crippen LogP contribution in [0, 0.1) is 18.3 Å². The van der Waals surface area contributed by atoms with Crippen LogP contribution in [0.4, 0.5) is 0 Å². The van der Waals surface area contributed by atoms with Crippen molar-refractivity contribution in [3.63, 3.8) is 0 Å². The summed E-state index contributed by atoms with van der Waals surface area (Å²) in [7, 11) is 2.06. The molecule has 2 unspecified atom stereocenters. The Kier molecular flexibility index (Phi) is 4.03. The van der Waals surface area contributed by atoms with Gasteiger partial charge >= 0.3 is 0 Å². The fourth-order valence-electron chi connectivity index (χ4n) is 3.37. The van der Waals surface area contributed by atoms with E-state index in [-0.39, 0.29) is 0 Å². The SMILES string of the molecule is CNC(c1ccc(C)c(Cl)c1)C1CCCC1(C)C. The van der Waals surface area contributed by atoms with Crippen molar-refractivity contribution in [2.45, 2.75) is 46.1 Å². The predicted octanol–water partition coefficient (Wildman–Crippen LogP) is 4.74. The minimum atomic E-state index is 0.417. The molecule has 18 heavy (non-hydrogen) atoms. The van der Waals surface area contributed by atoms with Crippen LogP contribution in [0.5, 0.6) is 0 Å². The molecule has 0 spiro atoms. The summed E-state index contributed by atoms with van der Waals surface area (Å²) in [6.45, 7) is 6.84. The van der Waals surface area contributed by atoms with E-state index < -0.39 is 0 Å². The molecule has 2 rings (SSSR count). The Labute approximate surface area is 116 Å². The molecule has 2 atom stereocenters. The molecule has 0 aliphatic heterocycles. The molecule has 1 saturated carbocycles. The number of aryl methyl sites for hydroxylation is 1. The van der Waals surface area contributed by atoms with E-state index in [1.54, 1.807) is 0 Å². The molecular formula is C16H24ClN. The topological polar surface area (TPSA) is 12.0 Å². The fourth-order valence-corrected chi connectivity index (χ4v) is 3.56.